The molecule has 0 fully saturated rings. The quantitative estimate of drug-likeness (QED) is 0.206. The van der Waals surface area contributed by atoms with E-state index in [-0.39, 0.29) is 6.04 Å². The third-order valence-corrected chi connectivity index (χ3v) is 6.13. The minimum atomic E-state index is -0.198. The number of para-hydroxylation sites is 1. The highest BCUT2D eigenvalue weighted by atomic mass is 35.5. The first-order chi connectivity index (χ1) is 17.8. The Hall–Kier alpha value is -4.27. The molecule has 0 saturated carbocycles. The Morgan fingerprint density at radius 1 is 0.472 bits per heavy atom. The number of hydrogen-bond donors (Lipinski definition) is 0. The summed E-state index contributed by atoms with van der Waals surface area (Å²) in [5.41, 5.74) is 6.66. The minimum Gasteiger partial charge on any atom is -0.270 e. The first-order valence-electron chi connectivity index (χ1n) is 11.9. The van der Waals surface area contributed by atoms with E-state index in [1.54, 1.807) is 0 Å². The van der Waals surface area contributed by atoms with Crippen LogP contribution in [0.1, 0.15) is 28.3 Å². The van der Waals surface area contributed by atoms with Gasteiger partial charge in [0.1, 0.15) is 6.04 Å². The molecule has 2 nitrogen and oxygen atoms in total. The Labute approximate surface area is 217 Å². The Morgan fingerprint density at radius 3 is 1.44 bits per heavy atom. The van der Waals surface area contributed by atoms with E-state index in [0.29, 0.717) is 5.02 Å². The molecular weight excluding hydrogens is 460 g/mol. The SMILES string of the molecule is Clc1ccc(C(=Nc2ccccc2)C(=NC(c2ccccc2)c2ccccc2)c2ccccc2)cc1. The van der Waals surface area contributed by atoms with Crippen LogP contribution < -0.4 is 0 Å². The molecule has 5 aromatic rings. The zero-order valence-corrected chi connectivity index (χ0v) is 20.5. The Morgan fingerprint density at radius 2 is 0.917 bits per heavy atom. The molecule has 0 N–H and O–H groups in total. The zero-order valence-electron chi connectivity index (χ0n) is 19.7. The summed E-state index contributed by atoms with van der Waals surface area (Å²) in [4.78, 5) is 10.6. The van der Waals surface area contributed by atoms with Crippen LogP contribution in [0.15, 0.2) is 156 Å². The molecule has 3 heteroatoms. The van der Waals surface area contributed by atoms with E-state index in [4.69, 9.17) is 21.6 Å². The third-order valence-electron chi connectivity index (χ3n) is 5.88. The molecular formula is C33H25ClN2. The summed E-state index contributed by atoms with van der Waals surface area (Å²) >= 11 is 6.25. The second-order valence-corrected chi connectivity index (χ2v) is 8.81. The van der Waals surface area contributed by atoms with Crippen LogP contribution in [-0.2, 0) is 0 Å². The smallest absolute Gasteiger partial charge is 0.101 e. The highest BCUT2D eigenvalue weighted by molar-refractivity contribution is 6.54. The van der Waals surface area contributed by atoms with Crippen molar-refractivity contribution in [3.05, 3.63) is 173 Å². The summed E-state index contributed by atoms with van der Waals surface area (Å²) < 4.78 is 0. The van der Waals surface area contributed by atoms with Gasteiger partial charge in [0.25, 0.3) is 0 Å². The van der Waals surface area contributed by atoms with Gasteiger partial charge in [-0.3, -0.25) is 4.99 Å². The molecule has 0 saturated heterocycles. The maximum absolute atomic E-state index is 6.25. The van der Waals surface area contributed by atoms with Crippen LogP contribution in [0.3, 0.4) is 0 Å². The molecule has 5 aromatic carbocycles. The average molecular weight is 485 g/mol. The van der Waals surface area contributed by atoms with Gasteiger partial charge in [-0.25, -0.2) is 4.99 Å². The first-order valence-corrected chi connectivity index (χ1v) is 12.3. The molecule has 0 aliphatic carbocycles. The van der Waals surface area contributed by atoms with Gasteiger partial charge >= 0.3 is 0 Å². The Bertz CT molecular complexity index is 1410. The van der Waals surface area contributed by atoms with Crippen molar-refractivity contribution in [2.45, 2.75) is 6.04 Å². The summed E-state index contributed by atoms with van der Waals surface area (Å²) in [6.45, 7) is 0. The third kappa shape index (κ3) is 5.68. The lowest BCUT2D eigenvalue weighted by Crippen LogP contribution is -2.19. The largest absolute Gasteiger partial charge is 0.270 e. The predicted octanol–water partition coefficient (Wildman–Crippen LogP) is 8.74. The maximum atomic E-state index is 6.25. The van der Waals surface area contributed by atoms with Gasteiger partial charge in [-0.05, 0) is 35.4 Å². The van der Waals surface area contributed by atoms with Gasteiger partial charge in [0.05, 0.1) is 17.1 Å². The fourth-order valence-electron chi connectivity index (χ4n) is 4.10. The van der Waals surface area contributed by atoms with E-state index in [2.05, 4.69) is 60.7 Å². The van der Waals surface area contributed by atoms with Crippen LogP contribution in [0.4, 0.5) is 5.69 Å². The summed E-state index contributed by atoms with van der Waals surface area (Å²) in [5, 5.41) is 0.683. The van der Waals surface area contributed by atoms with Gasteiger partial charge < -0.3 is 0 Å². The van der Waals surface area contributed by atoms with Crippen molar-refractivity contribution < 1.29 is 0 Å². The van der Waals surface area contributed by atoms with Crippen LogP contribution in [0.25, 0.3) is 0 Å². The highest BCUT2D eigenvalue weighted by Crippen LogP contribution is 2.28. The van der Waals surface area contributed by atoms with Gasteiger partial charge in [-0.2, -0.15) is 0 Å². The van der Waals surface area contributed by atoms with Gasteiger partial charge in [0, 0.05) is 16.1 Å². The fourth-order valence-corrected chi connectivity index (χ4v) is 4.23. The van der Waals surface area contributed by atoms with Gasteiger partial charge in [0.2, 0.25) is 0 Å². The molecule has 5 rings (SSSR count). The van der Waals surface area contributed by atoms with E-state index in [1.807, 2.05) is 84.9 Å². The molecule has 174 valence electrons. The summed E-state index contributed by atoms with van der Waals surface area (Å²) in [7, 11) is 0. The van der Waals surface area contributed by atoms with Crippen LogP contribution >= 0.6 is 11.6 Å². The second-order valence-electron chi connectivity index (χ2n) is 8.37. The van der Waals surface area contributed by atoms with Gasteiger partial charge in [-0.1, -0.05) is 133 Å². The Kier molecular flexibility index (Phi) is 7.46. The number of benzene rings is 5. The highest BCUT2D eigenvalue weighted by Gasteiger charge is 2.20. The molecule has 0 amide bonds. The standard InChI is InChI=1S/C33H25ClN2/c34-29-23-21-28(22-24-29)32(35-30-19-11-4-12-20-30)33(27-17-9-3-10-18-27)36-31(25-13-5-1-6-14-25)26-15-7-2-8-16-26/h1-24,31H. The molecule has 0 unspecified atom stereocenters. The summed E-state index contributed by atoms with van der Waals surface area (Å²) in [5.74, 6) is 0. The predicted molar refractivity (Wildman–Crippen MR) is 152 cm³/mol. The molecule has 0 radical (unpaired) electrons. The van der Waals surface area contributed by atoms with E-state index in [0.717, 1.165) is 39.4 Å². The molecule has 0 aromatic heterocycles. The molecule has 0 aliphatic heterocycles. The molecule has 36 heavy (non-hydrogen) atoms. The van der Waals surface area contributed by atoms with E-state index >= 15 is 0 Å². The Balaban J connectivity index is 1.77. The molecule has 0 bridgehead atoms. The number of rotatable bonds is 7. The lowest BCUT2D eigenvalue weighted by Gasteiger charge is -2.18. The van der Waals surface area contributed by atoms with Crippen molar-refractivity contribution in [3.8, 4) is 0 Å². The van der Waals surface area contributed by atoms with Crippen LogP contribution in [-0.4, -0.2) is 11.4 Å². The zero-order chi connectivity index (χ0) is 24.6. The molecule has 0 spiro atoms. The van der Waals surface area contributed by atoms with Crippen molar-refractivity contribution in [2.75, 3.05) is 0 Å². The van der Waals surface area contributed by atoms with E-state index in [1.165, 1.54) is 0 Å². The van der Waals surface area contributed by atoms with Crippen molar-refractivity contribution in [2.24, 2.45) is 9.98 Å². The topological polar surface area (TPSA) is 24.7 Å². The lowest BCUT2D eigenvalue weighted by molar-refractivity contribution is 0.875. The van der Waals surface area contributed by atoms with Crippen LogP contribution in [0.5, 0.6) is 0 Å². The molecule has 0 aliphatic rings. The number of halogens is 1. The summed E-state index contributed by atoms with van der Waals surface area (Å²) in [6.07, 6.45) is 0. The van der Waals surface area contributed by atoms with Crippen molar-refractivity contribution in [3.63, 3.8) is 0 Å². The lowest BCUT2D eigenvalue weighted by atomic mass is 9.96. The fraction of sp³-hybridized carbons (Fsp3) is 0.0303. The average Bonchev–Trinajstić information content (AvgIpc) is 2.95. The monoisotopic (exact) mass is 484 g/mol. The van der Waals surface area contributed by atoms with Crippen molar-refractivity contribution in [1.82, 2.24) is 0 Å². The molecule has 0 atom stereocenters. The summed E-state index contributed by atoms with van der Waals surface area (Å²) in [6, 6.07) is 48.6. The first kappa shape index (κ1) is 23.5. The number of aliphatic imine (C=N–C) groups is 2. The van der Waals surface area contributed by atoms with Crippen molar-refractivity contribution in [1.29, 1.82) is 0 Å². The van der Waals surface area contributed by atoms with E-state index < -0.39 is 0 Å². The van der Waals surface area contributed by atoms with E-state index in [9.17, 15) is 0 Å². The van der Waals surface area contributed by atoms with Gasteiger partial charge in [0.15, 0.2) is 0 Å². The number of nitrogens with zero attached hydrogens (tertiary/aromatic N) is 2. The van der Waals surface area contributed by atoms with Gasteiger partial charge in [-0.15, -0.1) is 0 Å². The minimum absolute atomic E-state index is 0.198. The molecule has 0 heterocycles. The van der Waals surface area contributed by atoms with Crippen molar-refractivity contribution >= 4 is 28.7 Å². The normalized spacial score (nSPS) is 12.1. The maximum Gasteiger partial charge on any atom is 0.101 e. The second kappa shape index (κ2) is 11.4. The van der Waals surface area contributed by atoms with Crippen LogP contribution in [0.2, 0.25) is 5.02 Å². The number of hydrogen-bond acceptors (Lipinski definition) is 2. The van der Waals surface area contributed by atoms with Crippen LogP contribution in [0, 0.1) is 0 Å².